The third kappa shape index (κ3) is 4.48. The highest BCUT2D eigenvalue weighted by Crippen LogP contribution is 2.24. The van der Waals surface area contributed by atoms with Gasteiger partial charge in [0.1, 0.15) is 6.04 Å². The Kier molecular flexibility index (Phi) is 5.69. The molecular formula is C13H18N2O3S. The molecule has 3 N–H and O–H groups in total. The van der Waals surface area contributed by atoms with Gasteiger partial charge in [-0.15, -0.1) is 11.8 Å². The minimum atomic E-state index is -1.04. The van der Waals surface area contributed by atoms with Crippen molar-refractivity contribution in [2.24, 2.45) is 5.92 Å². The van der Waals surface area contributed by atoms with E-state index in [1.54, 1.807) is 19.9 Å². The van der Waals surface area contributed by atoms with Crippen LogP contribution in [0.4, 0.5) is 10.5 Å². The maximum atomic E-state index is 11.8. The van der Waals surface area contributed by atoms with Crippen molar-refractivity contribution in [2.45, 2.75) is 24.8 Å². The Morgan fingerprint density at radius 2 is 1.89 bits per heavy atom. The number of thioether (sulfide) groups is 1. The van der Waals surface area contributed by atoms with Gasteiger partial charge in [0, 0.05) is 4.90 Å². The Morgan fingerprint density at radius 3 is 2.42 bits per heavy atom. The molecule has 19 heavy (non-hydrogen) atoms. The predicted octanol–water partition coefficient (Wildman–Crippen LogP) is 2.64. The summed E-state index contributed by atoms with van der Waals surface area (Å²) in [4.78, 5) is 23.7. The number of carbonyl (C=O) groups is 2. The zero-order valence-corrected chi connectivity index (χ0v) is 12.0. The normalized spacial score (nSPS) is 12.0. The van der Waals surface area contributed by atoms with E-state index in [1.165, 1.54) is 11.8 Å². The first-order valence-corrected chi connectivity index (χ1v) is 7.11. The van der Waals surface area contributed by atoms with E-state index in [0.717, 1.165) is 4.90 Å². The number of urea groups is 1. The quantitative estimate of drug-likeness (QED) is 0.725. The number of aliphatic carboxylic acids is 1. The lowest BCUT2D eigenvalue weighted by molar-refractivity contribution is -0.140. The summed E-state index contributed by atoms with van der Waals surface area (Å²) in [6.07, 6.45) is 1.91. The van der Waals surface area contributed by atoms with Gasteiger partial charge in [0.05, 0.1) is 5.69 Å². The van der Waals surface area contributed by atoms with Gasteiger partial charge in [0.15, 0.2) is 0 Å². The van der Waals surface area contributed by atoms with Gasteiger partial charge < -0.3 is 15.7 Å². The van der Waals surface area contributed by atoms with Gasteiger partial charge in [-0.1, -0.05) is 26.0 Å². The average molecular weight is 282 g/mol. The minimum Gasteiger partial charge on any atom is -0.480 e. The fraction of sp³-hybridized carbons (Fsp3) is 0.385. The van der Waals surface area contributed by atoms with Crippen molar-refractivity contribution in [2.75, 3.05) is 11.6 Å². The number of hydrogen-bond acceptors (Lipinski definition) is 3. The van der Waals surface area contributed by atoms with E-state index in [2.05, 4.69) is 10.6 Å². The summed E-state index contributed by atoms with van der Waals surface area (Å²) >= 11 is 1.51. The van der Waals surface area contributed by atoms with Crippen LogP contribution in [0.1, 0.15) is 13.8 Å². The zero-order chi connectivity index (χ0) is 14.4. The summed E-state index contributed by atoms with van der Waals surface area (Å²) in [5, 5.41) is 14.1. The molecule has 0 fully saturated rings. The number of para-hydroxylation sites is 1. The molecule has 0 unspecified atom stereocenters. The molecule has 0 aliphatic carbocycles. The van der Waals surface area contributed by atoms with Gasteiger partial charge in [-0.25, -0.2) is 9.59 Å². The number of amides is 2. The van der Waals surface area contributed by atoms with Crippen LogP contribution in [-0.2, 0) is 4.79 Å². The van der Waals surface area contributed by atoms with Crippen molar-refractivity contribution in [1.82, 2.24) is 5.32 Å². The molecule has 104 valence electrons. The largest absolute Gasteiger partial charge is 0.480 e. The first-order chi connectivity index (χ1) is 8.95. The number of carbonyl (C=O) groups excluding carboxylic acids is 1. The molecule has 1 aromatic carbocycles. The molecule has 5 nitrogen and oxygen atoms in total. The molecule has 1 atom stereocenters. The van der Waals surface area contributed by atoms with Gasteiger partial charge in [-0.05, 0) is 24.3 Å². The molecule has 1 rings (SSSR count). The fourth-order valence-corrected chi connectivity index (χ4v) is 2.11. The number of rotatable bonds is 5. The maximum absolute atomic E-state index is 11.8. The van der Waals surface area contributed by atoms with Crippen molar-refractivity contribution in [3.63, 3.8) is 0 Å². The van der Waals surface area contributed by atoms with Gasteiger partial charge in [0.25, 0.3) is 0 Å². The lowest BCUT2D eigenvalue weighted by Crippen LogP contribution is -2.46. The number of carboxylic acid groups (broad SMARTS) is 1. The number of nitrogens with one attached hydrogen (secondary N) is 2. The minimum absolute atomic E-state index is 0.181. The first-order valence-electron chi connectivity index (χ1n) is 5.89. The van der Waals surface area contributed by atoms with Crippen molar-refractivity contribution >= 4 is 29.4 Å². The fourth-order valence-electron chi connectivity index (χ4n) is 1.56. The summed E-state index contributed by atoms with van der Waals surface area (Å²) < 4.78 is 0. The van der Waals surface area contributed by atoms with Crippen LogP contribution < -0.4 is 10.6 Å². The van der Waals surface area contributed by atoms with Crippen molar-refractivity contribution < 1.29 is 14.7 Å². The molecule has 0 radical (unpaired) electrons. The summed E-state index contributed by atoms with van der Waals surface area (Å²) in [5.41, 5.74) is 0.667. The lowest BCUT2D eigenvalue weighted by atomic mass is 10.1. The maximum Gasteiger partial charge on any atom is 0.326 e. The average Bonchev–Trinajstić information content (AvgIpc) is 2.36. The van der Waals surface area contributed by atoms with Gasteiger partial charge in [0.2, 0.25) is 0 Å². The molecular weight excluding hydrogens is 264 g/mol. The highest BCUT2D eigenvalue weighted by Gasteiger charge is 2.23. The van der Waals surface area contributed by atoms with Crippen LogP contribution in [0.25, 0.3) is 0 Å². The summed E-state index contributed by atoms with van der Waals surface area (Å²) in [6.45, 7) is 3.49. The molecule has 0 aliphatic heterocycles. The van der Waals surface area contributed by atoms with Gasteiger partial charge in [-0.2, -0.15) is 0 Å². The Labute approximate surface area is 116 Å². The Morgan fingerprint density at radius 1 is 1.26 bits per heavy atom. The molecule has 0 saturated carbocycles. The third-order valence-electron chi connectivity index (χ3n) is 2.57. The molecule has 6 heteroatoms. The zero-order valence-electron chi connectivity index (χ0n) is 11.1. The molecule has 0 aromatic heterocycles. The van der Waals surface area contributed by atoms with Crippen LogP contribution in [0.2, 0.25) is 0 Å². The van der Waals surface area contributed by atoms with E-state index in [0.29, 0.717) is 5.69 Å². The number of benzene rings is 1. The van der Waals surface area contributed by atoms with E-state index in [4.69, 9.17) is 5.11 Å². The standard InChI is InChI=1S/C13H18N2O3S/c1-8(2)11(12(16)17)15-13(18)14-9-6-4-5-7-10(9)19-3/h4-8,11H,1-3H3,(H,16,17)(H2,14,15,18)/t11-/m0/s1. The Hall–Kier alpha value is -1.69. The number of anilines is 1. The highest BCUT2D eigenvalue weighted by molar-refractivity contribution is 7.98. The van der Waals surface area contributed by atoms with E-state index >= 15 is 0 Å². The van der Waals surface area contributed by atoms with E-state index in [1.807, 2.05) is 24.5 Å². The Balaban J connectivity index is 2.72. The smallest absolute Gasteiger partial charge is 0.326 e. The first kappa shape index (κ1) is 15.4. The van der Waals surface area contributed by atoms with Crippen LogP contribution in [-0.4, -0.2) is 29.4 Å². The van der Waals surface area contributed by atoms with Crippen LogP contribution in [0.3, 0.4) is 0 Å². The topological polar surface area (TPSA) is 78.4 Å². The molecule has 0 heterocycles. The third-order valence-corrected chi connectivity index (χ3v) is 3.37. The second-order valence-electron chi connectivity index (χ2n) is 4.36. The monoisotopic (exact) mass is 282 g/mol. The molecule has 0 spiro atoms. The van der Waals surface area contributed by atoms with Crippen LogP contribution >= 0.6 is 11.8 Å². The second kappa shape index (κ2) is 7.04. The summed E-state index contributed by atoms with van der Waals surface area (Å²) in [7, 11) is 0. The second-order valence-corrected chi connectivity index (χ2v) is 5.21. The van der Waals surface area contributed by atoms with Crippen LogP contribution in [0.5, 0.6) is 0 Å². The van der Waals surface area contributed by atoms with Crippen molar-refractivity contribution in [3.05, 3.63) is 24.3 Å². The molecule has 1 aromatic rings. The molecule has 0 saturated heterocycles. The molecule has 0 aliphatic rings. The molecule has 2 amide bonds. The van der Waals surface area contributed by atoms with Gasteiger partial charge in [-0.3, -0.25) is 0 Å². The number of hydrogen-bond donors (Lipinski definition) is 3. The molecule has 0 bridgehead atoms. The SMILES string of the molecule is CSc1ccccc1NC(=O)N[C@H](C(=O)O)C(C)C. The van der Waals surface area contributed by atoms with Crippen molar-refractivity contribution in [1.29, 1.82) is 0 Å². The van der Waals surface area contributed by atoms with Crippen LogP contribution in [0.15, 0.2) is 29.2 Å². The predicted molar refractivity (Wildman–Crippen MR) is 76.6 cm³/mol. The van der Waals surface area contributed by atoms with E-state index in [9.17, 15) is 9.59 Å². The highest BCUT2D eigenvalue weighted by atomic mass is 32.2. The summed E-state index contributed by atoms with van der Waals surface area (Å²) in [6, 6.07) is 5.94. The summed E-state index contributed by atoms with van der Waals surface area (Å²) in [5.74, 6) is -1.22. The lowest BCUT2D eigenvalue weighted by Gasteiger charge is -2.18. The van der Waals surface area contributed by atoms with E-state index < -0.39 is 18.0 Å². The Bertz CT molecular complexity index is 463. The van der Waals surface area contributed by atoms with Crippen molar-refractivity contribution in [3.8, 4) is 0 Å². The van der Waals surface area contributed by atoms with E-state index in [-0.39, 0.29) is 5.92 Å². The van der Waals surface area contributed by atoms with Gasteiger partial charge >= 0.3 is 12.0 Å². The van der Waals surface area contributed by atoms with Crippen LogP contribution in [0, 0.1) is 5.92 Å². The number of carboxylic acids is 1.